The van der Waals surface area contributed by atoms with E-state index in [0.29, 0.717) is 5.75 Å². The Hall–Kier alpha value is -1.82. The van der Waals surface area contributed by atoms with Gasteiger partial charge in [0.25, 0.3) is 0 Å². The quantitative estimate of drug-likeness (QED) is 0.754. The van der Waals surface area contributed by atoms with Crippen LogP contribution in [-0.4, -0.2) is 26.4 Å². The van der Waals surface area contributed by atoms with Gasteiger partial charge in [0.2, 0.25) is 5.91 Å². The summed E-state index contributed by atoms with van der Waals surface area (Å²) in [5.41, 5.74) is 1.10. The molecule has 0 saturated carbocycles. The lowest BCUT2D eigenvalue weighted by Crippen LogP contribution is -2.28. The molecule has 1 heterocycles. The zero-order chi connectivity index (χ0) is 16.7. The van der Waals surface area contributed by atoms with Gasteiger partial charge in [-0.2, -0.15) is 0 Å². The van der Waals surface area contributed by atoms with Crippen LogP contribution in [0.2, 0.25) is 0 Å². The molecule has 6 heteroatoms. The maximum Gasteiger partial charge on any atom is 0.230 e. The second-order valence-corrected chi connectivity index (χ2v) is 6.34. The summed E-state index contributed by atoms with van der Waals surface area (Å²) in [5, 5.41) is 12.3. The SMILES string of the molecule is CCCn1c(CC)nnc1SCC(=O)NC(C)c1ccccc1. The Bertz CT molecular complexity index is 627. The molecule has 1 aromatic carbocycles. The van der Waals surface area contributed by atoms with Gasteiger partial charge in [0.1, 0.15) is 5.82 Å². The van der Waals surface area contributed by atoms with E-state index in [1.807, 2.05) is 37.3 Å². The molecule has 124 valence electrons. The second-order valence-electron chi connectivity index (χ2n) is 5.39. The average molecular weight is 332 g/mol. The van der Waals surface area contributed by atoms with Crippen molar-refractivity contribution < 1.29 is 4.79 Å². The third kappa shape index (κ3) is 4.82. The van der Waals surface area contributed by atoms with Crippen LogP contribution in [0.5, 0.6) is 0 Å². The van der Waals surface area contributed by atoms with E-state index in [1.54, 1.807) is 0 Å². The van der Waals surface area contributed by atoms with Crippen LogP contribution in [0.25, 0.3) is 0 Å². The van der Waals surface area contributed by atoms with Crippen LogP contribution in [0.15, 0.2) is 35.5 Å². The smallest absolute Gasteiger partial charge is 0.230 e. The van der Waals surface area contributed by atoms with Gasteiger partial charge in [-0.25, -0.2) is 0 Å². The summed E-state index contributed by atoms with van der Waals surface area (Å²) in [6, 6.07) is 9.97. The molecular weight excluding hydrogens is 308 g/mol. The van der Waals surface area contributed by atoms with Crippen LogP contribution in [0.3, 0.4) is 0 Å². The molecule has 23 heavy (non-hydrogen) atoms. The van der Waals surface area contributed by atoms with Crippen LogP contribution in [0, 0.1) is 0 Å². The zero-order valence-electron chi connectivity index (χ0n) is 14.0. The molecule has 0 aliphatic rings. The fraction of sp³-hybridized carbons (Fsp3) is 0.471. The molecule has 0 saturated heterocycles. The first kappa shape index (κ1) is 17.5. The third-order valence-corrected chi connectivity index (χ3v) is 4.53. The normalized spacial score (nSPS) is 12.1. The largest absolute Gasteiger partial charge is 0.349 e. The van der Waals surface area contributed by atoms with Crippen molar-refractivity contribution in [2.24, 2.45) is 0 Å². The first-order valence-corrected chi connectivity index (χ1v) is 9.03. The lowest BCUT2D eigenvalue weighted by Gasteiger charge is -2.14. The first-order chi connectivity index (χ1) is 11.2. The van der Waals surface area contributed by atoms with Crippen LogP contribution >= 0.6 is 11.8 Å². The third-order valence-electron chi connectivity index (χ3n) is 3.57. The highest BCUT2D eigenvalue weighted by Crippen LogP contribution is 2.18. The van der Waals surface area contributed by atoms with E-state index in [0.717, 1.165) is 35.9 Å². The topological polar surface area (TPSA) is 59.8 Å². The number of amides is 1. The van der Waals surface area contributed by atoms with E-state index < -0.39 is 0 Å². The van der Waals surface area contributed by atoms with Gasteiger partial charge in [0.15, 0.2) is 5.16 Å². The summed E-state index contributed by atoms with van der Waals surface area (Å²) in [6.07, 6.45) is 1.88. The molecule has 0 fully saturated rings. The summed E-state index contributed by atoms with van der Waals surface area (Å²) in [5.74, 6) is 1.34. The van der Waals surface area contributed by atoms with E-state index >= 15 is 0 Å². The molecule has 0 radical (unpaired) electrons. The van der Waals surface area contributed by atoms with Crippen molar-refractivity contribution in [3.8, 4) is 0 Å². The molecule has 0 bridgehead atoms. The molecular formula is C17H24N4OS. The molecule has 0 aliphatic heterocycles. The average Bonchev–Trinajstić information content (AvgIpc) is 2.96. The molecule has 1 N–H and O–H groups in total. The number of aryl methyl sites for hydroxylation is 1. The standard InChI is InChI=1S/C17H24N4OS/c1-4-11-21-15(5-2)19-20-17(21)23-12-16(22)18-13(3)14-9-7-6-8-10-14/h6-10,13H,4-5,11-12H2,1-3H3,(H,18,22). The number of nitrogens with one attached hydrogen (secondary N) is 1. The highest BCUT2D eigenvalue weighted by Gasteiger charge is 2.14. The number of carbonyl (C=O) groups excluding carboxylic acids is 1. The maximum atomic E-state index is 12.2. The highest BCUT2D eigenvalue weighted by molar-refractivity contribution is 7.99. The zero-order valence-corrected chi connectivity index (χ0v) is 14.8. The molecule has 1 aromatic heterocycles. The van der Waals surface area contributed by atoms with Gasteiger partial charge in [-0.05, 0) is 18.9 Å². The molecule has 1 unspecified atom stereocenters. The Morgan fingerprint density at radius 3 is 2.65 bits per heavy atom. The number of benzene rings is 1. The van der Waals surface area contributed by atoms with Gasteiger partial charge in [0, 0.05) is 13.0 Å². The predicted molar refractivity (Wildman–Crippen MR) is 93.4 cm³/mol. The van der Waals surface area contributed by atoms with Crippen molar-refractivity contribution in [2.45, 2.75) is 51.4 Å². The minimum atomic E-state index is 0.00372. The molecule has 5 nitrogen and oxygen atoms in total. The Labute approximate surface area is 141 Å². The summed E-state index contributed by atoms with van der Waals surface area (Å²) in [6.45, 7) is 7.08. The number of carbonyl (C=O) groups is 1. The van der Waals surface area contributed by atoms with E-state index in [-0.39, 0.29) is 11.9 Å². The molecule has 1 amide bonds. The number of hydrogen-bond acceptors (Lipinski definition) is 4. The van der Waals surface area contributed by atoms with Crippen molar-refractivity contribution in [1.82, 2.24) is 20.1 Å². The molecule has 0 spiro atoms. The summed E-state index contributed by atoms with van der Waals surface area (Å²) in [7, 11) is 0. The van der Waals surface area contributed by atoms with E-state index in [2.05, 4.69) is 33.9 Å². The lowest BCUT2D eigenvalue weighted by atomic mass is 10.1. The van der Waals surface area contributed by atoms with Gasteiger partial charge in [0.05, 0.1) is 11.8 Å². The van der Waals surface area contributed by atoms with Gasteiger partial charge in [-0.15, -0.1) is 10.2 Å². The van der Waals surface area contributed by atoms with Crippen LogP contribution in [0.1, 0.15) is 44.6 Å². The van der Waals surface area contributed by atoms with Gasteiger partial charge in [-0.3, -0.25) is 4.79 Å². The van der Waals surface area contributed by atoms with Gasteiger partial charge in [-0.1, -0.05) is 55.9 Å². The van der Waals surface area contributed by atoms with Crippen LogP contribution < -0.4 is 5.32 Å². The van der Waals surface area contributed by atoms with Crippen LogP contribution in [0.4, 0.5) is 0 Å². The summed E-state index contributed by atoms with van der Waals surface area (Å²) in [4.78, 5) is 12.2. The predicted octanol–water partition coefficient (Wildman–Crippen LogP) is 3.22. The number of aromatic nitrogens is 3. The van der Waals surface area contributed by atoms with Gasteiger partial charge < -0.3 is 9.88 Å². The summed E-state index contributed by atoms with van der Waals surface area (Å²) >= 11 is 1.45. The fourth-order valence-electron chi connectivity index (χ4n) is 2.37. The van der Waals surface area contributed by atoms with Crippen molar-refractivity contribution in [1.29, 1.82) is 0 Å². The Balaban J connectivity index is 1.91. The van der Waals surface area contributed by atoms with Crippen molar-refractivity contribution in [3.63, 3.8) is 0 Å². The van der Waals surface area contributed by atoms with E-state index in [4.69, 9.17) is 0 Å². The molecule has 2 aromatic rings. The Morgan fingerprint density at radius 2 is 2.00 bits per heavy atom. The first-order valence-electron chi connectivity index (χ1n) is 8.04. The molecule has 2 rings (SSSR count). The lowest BCUT2D eigenvalue weighted by molar-refractivity contribution is -0.119. The maximum absolute atomic E-state index is 12.2. The molecule has 1 atom stereocenters. The number of rotatable bonds is 8. The van der Waals surface area contributed by atoms with E-state index in [1.165, 1.54) is 11.8 Å². The second kappa shape index (κ2) is 8.72. The monoisotopic (exact) mass is 332 g/mol. The number of thioether (sulfide) groups is 1. The van der Waals surface area contributed by atoms with Crippen molar-refractivity contribution in [3.05, 3.63) is 41.7 Å². The minimum absolute atomic E-state index is 0.00372. The number of hydrogen-bond donors (Lipinski definition) is 1. The minimum Gasteiger partial charge on any atom is -0.349 e. The molecule has 0 aliphatic carbocycles. The van der Waals surface area contributed by atoms with Crippen LogP contribution in [-0.2, 0) is 17.8 Å². The summed E-state index contributed by atoms with van der Waals surface area (Å²) < 4.78 is 2.11. The Morgan fingerprint density at radius 1 is 1.26 bits per heavy atom. The van der Waals surface area contributed by atoms with Crippen molar-refractivity contribution >= 4 is 17.7 Å². The Kier molecular flexibility index (Phi) is 6.65. The van der Waals surface area contributed by atoms with Crippen molar-refractivity contribution in [2.75, 3.05) is 5.75 Å². The fourth-order valence-corrected chi connectivity index (χ4v) is 3.17. The number of nitrogens with zero attached hydrogens (tertiary/aromatic N) is 3. The van der Waals surface area contributed by atoms with E-state index in [9.17, 15) is 4.79 Å². The highest BCUT2D eigenvalue weighted by atomic mass is 32.2. The van der Waals surface area contributed by atoms with Gasteiger partial charge >= 0.3 is 0 Å².